The lowest BCUT2D eigenvalue weighted by Gasteiger charge is -2.14. The summed E-state index contributed by atoms with van der Waals surface area (Å²) >= 11 is 6.19. The van der Waals surface area contributed by atoms with Crippen LogP contribution in [0.15, 0.2) is 47.1 Å². The lowest BCUT2D eigenvalue weighted by molar-refractivity contribution is -0.0000159. The predicted molar refractivity (Wildman–Crippen MR) is 116 cm³/mol. The fraction of sp³-hybridized carbons (Fsp3) is 0.286. The number of hydrogen-bond acceptors (Lipinski definition) is 8. The van der Waals surface area contributed by atoms with E-state index in [0.717, 1.165) is 11.1 Å². The van der Waals surface area contributed by atoms with E-state index in [1.807, 2.05) is 49.4 Å². The summed E-state index contributed by atoms with van der Waals surface area (Å²) in [4.78, 5) is 11.9. The van der Waals surface area contributed by atoms with Crippen molar-refractivity contribution in [1.29, 1.82) is 0 Å². The highest BCUT2D eigenvalue weighted by atomic mass is 35.5. The van der Waals surface area contributed by atoms with Gasteiger partial charge in [-0.2, -0.15) is 0 Å². The quantitative estimate of drug-likeness (QED) is 0.322. The maximum Gasteiger partial charge on any atom is 0.277 e. The van der Waals surface area contributed by atoms with Crippen molar-refractivity contribution in [2.45, 2.75) is 20.1 Å². The maximum absolute atomic E-state index is 11.9. The highest BCUT2D eigenvalue weighted by Gasteiger charge is 2.15. The van der Waals surface area contributed by atoms with Gasteiger partial charge in [0.1, 0.15) is 6.61 Å². The second-order valence-electron chi connectivity index (χ2n) is 6.52. The number of nitrogens with one attached hydrogen (secondary N) is 2. The predicted octanol–water partition coefficient (Wildman–Crippen LogP) is -0.193. The van der Waals surface area contributed by atoms with Crippen molar-refractivity contribution in [2.24, 2.45) is 0 Å². The molecule has 0 saturated carbocycles. The standard InChI is InChI=1S/C21H24ClN5O4.ClH/c1-2-29-18-11-14(7-8-17(18)30-13-15-5-3-4-6-16(15)22)12-24-9-10-25-21(28)19-20(23)27-31-26-19;/h3-8,11,24H,2,9-10,12-13H2,1H3,(H2,23,27)(H,25,28);1H/p-1. The van der Waals surface area contributed by atoms with E-state index in [2.05, 4.69) is 25.6 Å². The van der Waals surface area contributed by atoms with E-state index >= 15 is 0 Å². The zero-order chi connectivity index (χ0) is 22.1. The Morgan fingerprint density at radius 2 is 1.94 bits per heavy atom. The summed E-state index contributed by atoms with van der Waals surface area (Å²) in [6.07, 6.45) is 0. The van der Waals surface area contributed by atoms with Crippen molar-refractivity contribution >= 4 is 23.3 Å². The summed E-state index contributed by atoms with van der Waals surface area (Å²) in [5, 5.41) is 13.4. The number of rotatable bonds is 11. The topological polar surface area (TPSA) is 125 Å². The molecule has 0 spiro atoms. The molecular formula is C21H24Cl2N5O4-. The van der Waals surface area contributed by atoms with Gasteiger partial charge in [-0.15, -0.1) is 0 Å². The third-order valence-electron chi connectivity index (χ3n) is 4.29. The summed E-state index contributed by atoms with van der Waals surface area (Å²) in [6.45, 7) is 4.32. The van der Waals surface area contributed by atoms with Crippen molar-refractivity contribution in [1.82, 2.24) is 20.9 Å². The van der Waals surface area contributed by atoms with E-state index in [-0.39, 0.29) is 23.9 Å². The van der Waals surface area contributed by atoms with Crippen molar-refractivity contribution in [3.63, 3.8) is 0 Å². The molecule has 0 fully saturated rings. The molecule has 0 aliphatic heterocycles. The van der Waals surface area contributed by atoms with Crippen LogP contribution in [-0.2, 0) is 13.2 Å². The Kier molecular flexibility index (Phi) is 10.1. The first-order valence-electron chi connectivity index (χ1n) is 9.77. The monoisotopic (exact) mass is 480 g/mol. The van der Waals surface area contributed by atoms with Crippen molar-refractivity contribution in [2.75, 3.05) is 25.4 Å². The van der Waals surface area contributed by atoms with Gasteiger partial charge in [0.2, 0.25) is 11.5 Å². The highest BCUT2D eigenvalue weighted by molar-refractivity contribution is 6.31. The van der Waals surface area contributed by atoms with E-state index in [1.165, 1.54) is 0 Å². The first-order chi connectivity index (χ1) is 15.1. The number of aromatic nitrogens is 2. The minimum atomic E-state index is -0.431. The Bertz CT molecular complexity index is 1020. The molecule has 1 aromatic heterocycles. The van der Waals surface area contributed by atoms with E-state index in [4.69, 9.17) is 26.8 Å². The number of nitrogen functional groups attached to an aromatic ring is 1. The molecule has 0 atom stereocenters. The largest absolute Gasteiger partial charge is 1.00 e. The number of nitrogens with zero attached hydrogens (tertiary/aromatic N) is 2. The van der Waals surface area contributed by atoms with Gasteiger partial charge in [0.25, 0.3) is 5.91 Å². The number of benzene rings is 2. The molecule has 1 amide bonds. The molecule has 4 N–H and O–H groups in total. The summed E-state index contributed by atoms with van der Waals surface area (Å²) in [5.74, 6) is 0.845. The number of nitrogens with two attached hydrogens (primary N) is 1. The molecule has 0 aliphatic carbocycles. The van der Waals surface area contributed by atoms with E-state index in [1.54, 1.807) is 0 Å². The second-order valence-corrected chi connectivity index (χ2v) is 6.93. The normalized spacial score (nSPS) is 10.3. The zero-order valence-corrected chi connectivity index (χ0v) is 18.9. The number of hydrogen-bond donors (Lipinski definition) is 3. The van der Waals surface area contributed by atoms with Crippen molar-refractivity contribution < 1.29 is 31.3 Å². The number of ether oxygens (including phenoxy) is 2. The van der Waals surface area contributed by atoms with Crippen LogP contribution in [0, 0.1) is 0 Å². The van der Waals surface area contributed by atoms with Crippen molar-refractivity contribution in [3.05, 3.63) is 64.3 Å². The van der Waals surface area contributed by atoms with Gasteiger partial charge >= 0.3 is 0 Å². The summed E-state index contributed by atoms with van der Waals surface area (Å²) in [7, 11) is 0. The number of carbonyl (C=O) groups excluding carboxylic acids is 1. The highest BCUT2D eigenvalue weighted by Crippen LogP contribution is 2.30. The SMILES string of the molecule is CCOc1cc(CNCCNC(=O)c2nonc2N)ccc1OCc1ccccc1Cl.[Cl-]. The number of amides is 1. The van der Waals surface area contributed by atoms with Crippen LogP contribution in [-0.4, -0.2) is 35.9 Å². The van der Waals surface area contributed by atoms with Crippen LogP contribution in [0.25, 0.3) is 0 Å². The first-order valence-corrected chi connectivity index (χ1v) is 10.1. The fourth-order valence-corrected chi connectivity index (χ4v) is 2.95. The third-order valence-corrected chi connectivity index (χ3v) is 4.66. The lowest BCUT2D eigenvalue weighted by Crippen LogP contribution is -3.00. The molecule has 2 aromatic carbocycles. The fourth-order valence-electron chi connectivity index (χ4n) is 2.75. The summed E-state index contributed by atoms with van der Waals surface area (Å²) in [5.41, 5.74) is 7.39. The molecule has 1 heterocycles. The van der Waals surface area contributed by atoms with Gasteiger partial charge in [0.05, 0.1) is 6.61 Å². The molecule has 32 heavy (non-hydrogen) atoms. The van der Waals surface area contributed by atoms with E-state index in [9.17, 15) is 4.79 Å². The van der Waals surface area contributed by atoms with Crippen LogP contribution in [0.5, 0.6) is 11.5 Å². The summed E-state index contributed by atoms with van der Waals surface area (Å²) in [6, 6.07) is 13.3. The summed E-state index contributed by atoms with van der Waals surface area (Å²) < 4.78 is 16.1. The van der Waals surface area contributed by atoms with Crippen LogP contribution in [0.3, 0.4) is 0 Å². The zero-order valence-electron chi connectivity index (χ0n) is 17.4. The first kappa shape index (κ1) is 25.3. The van der Waals surface area contributed by atoms with Gasteiger partial charge in [-0.25, -0.2) is 4.63 Å². The molecule has 0 aliphatic rings. The molecule has 0 saturated heterocycles. The smallest absolute Gasteiger partial charge is 0.277 e. The van der Waals surface area contributed by atoms with Crippen LogP contribution >= 0.6 is 11.6 Å². The maximum atomic E-state index is 11.9. The minimum absolute atomic E-state index is 0. The van der Waals surface area contributed by atoms with Crippen LogP contribution in [0.2, 0.25) is 5.02 Å². The molecule has 0 radical (unpaired) electrons. The van der Waals surface area contributed by atoms with Gasteiger partial charge in [-0.05, 0) is 41.0 Å². The molecule has 3 aromatic rings. The van der Waals surface area contributed by atoms with E-state index < -0.39 is 5.91 Å². The van der Waals surface area contributed by atoms with Gasteiger partial charge in [-0.1, -0.05) is 35.9 Å². The molecular weight excluding hydrogens is 457 g/mol. The Labute approximate surface area is 197 Å². The van der Waals surface area contributed by atoms with E-state index in [0.29, 0.717) is 49.4 Å². The average Bonchev–Trinajstić information content (AvgIpc) is 3.20. The van der Waals surface area contributed by atoms with Crippen LogP contribution < -0.4 is 38.2 Å². The lowest BCUT2D eigenvalue weighted by atomic mass is 10.2. The Morgan fingerprint density at radius 1 is 1.12 bits per heavy atom. The molecule has 0 bridgehead atoms. The molecule has 9 nitrogen and oxygen atoms in total. The molecule has 11 heteroatoms. The van der Waals surface area contributed by atoms with Gasteiger partial charge in [0.15, 0.2) is 11.5 Å². The van der Waals surface area contributed by atoms with Gasteiger partial charge in [0, 0.05) is 30.2 Å². The Balaban J connectivity index is 0.00000363. The average molecular weight is 481 g/mol. The molecule has 3 rings (SSSR count). The number of halogens is 2. The molecule has 0 unspecified atom stereocenters. The number of carbonyl (C=O) groups is 1. The van der Waals surface area contributed by atoms with Crippen LogP contribution in [0.1, 0.15) is 28.5 Å². The van der Waals surface area contributed by atoms with Crippen molar-refractivity contribution in [3.8, 4) is 11.5 Å². The third kappa shape index (κ3) is 7.01. The molecule has 172 valence electrons. The second kappa shape index (κ2) is 12.7. The Hall–Kier alpha value is -3.01. The Morgan fingerprint density at radius 3 is 2.66 bits per heavy atom. The van der Waals surface area contributed by atoms with Gasteiger partial charge < -0.3 is 38.2 Å². The number of anilines is 1. The van der Waals surface area contributed by atoms with Crippen LogP contribution in [0.4, 0.5) is 5.82 Å². The minimum Gasteiger partial charge on any atom is -1.00 e. The van der Waals surface area contributed by atoms with Gasteiger partial charge in [-0.3, -0.25) is 4.79 Å².